The fourth-order valence-corrected chi connectivity index (χ4v) is 7.45. The molecule has 1 aliphatic heterocycles. The quantitative estimate of drug-likeness (QED) is 0.0130. The van der Waals surface area contributed by atoms with Crippen LogP contribution in [0, 0.1) is 23.3 Å². The molecule has 30 heteroatoms. The summed E-state index contributed by atoms with van der Waals surface area (Å²) in [6.07, 6.45) is -4.06. The van der Waals surface area contributed by atoms with Crippen LogP contribution in [0.25, 0.3) is 10.4 Å². The topological polar surface area (TPSA) is 351 Å². The zero-order valence-corrected chi connectivity index (χ0v) is 28.8. The number of nitrogens with one attached hydrogen (secondary N) is 2. The second-order valence-electron chi connectivity index (χ2n) is 10.5. The van der Waals surface area contributed by atoms with Crippen LogP contribution in [0.15, 0.2) is 26.0 Å². The Bertz CT molecular complexity index is 2060. The summed E-state index contributed by atoms with van der Waals surface area (Å²) in [4.78, 5) is 89.0. The molecule has 0 aliphatic carbocycles. The molecule has 2 aromatic rings. The second-order valence-corrected chi connectivity index (χ2v) is 14.9. The van der Waals surface area contributed by atoms with Crippen molar-refractivity contribution in [3.63, 3.8) is 0 Å². The van der Waals surface area contributed by atoms with Crippen molar-refractivity contribution in [2.45, 2.75) is 57.0 Å². The smallest absolute Gasteiger partial charge is 0.390 e. The summed E-state index contributed by atoms with van der Waals surface area (Å²) in [5.41, 5.74) is 5.31. The number of aromatic amines is 1. The van der Waals surface area contributed by atoms with Crippen molar-refractivity contribution in [3.8, 4) is 0 Å². The Balaban J connectivity index is 1.51. The number of nitrogens with zero attached hydrogens (tertiary/aromatic N) is 5. The lowest BCUT2D eigenvalue weighted by atomic mass is 10.0. The predicted molar refractivity (Wildman–Crippen MR) is 164 cm³/mol. The maximum Gasteiger partial charge on any atom is 0.490 e. The lowest BCUT2D eigenvalue weighted by Gasteiger charge is -2.19. The Hall–Kier alpha value is -3.93. The van der Waals surface area contributed by atoms with E-state index in [-0.39, 0.29) is 31.2 Å². The van der Waals surface area contributed by atoms with Crippen LogP contribution in [-0.2, 0) is 42.8 Å². The number of H-pyrrole nitrogens is 1. The number of aromatic nitrogens is 2. The number of ether oxygens (including phenoxy) is 1. The summed E-state index contributed by atoms with van der Waals surface area (Å²) in [6.45, 7) is -1.02. The van der Waals surface area contributed by atoms with Crippen LogP contribution in [0.3, 0.4) is 0 Å². The molecule has 1 aromatic heterocycles. The standard InChI is InChI=1S/C23H26F4N7O16P3/c24-17-16(18(25)20(27)21(19(17)26)32-33-28)11(35)4-1-5-14(37)31-29-6-2-3-10-8-34(23(39)30-22(10)38)15-7-12(36)13(48-15)9-47-52(43,44)50-53(45,46)49-51(40,41)42/h6,8,12-13,15,36H,1-5,7,9H2,(H,31,37)(H,43,44)(H,45,46)(H,30,38,39)(H2,40,41,42)/t12-,13+,15+/m0/s1. The van der Waals surface area contributed by atoms with Crippen molar-refractivity contribution in [1.29, 1.82) is 0 Å². The molecule has 0 spiro atoms. The van der Waals surface area contributed by atoms with E-state index in [9.17, 15) is 65.3 Å². The molecule has 3 rings (SSSR count). The molecule has 2 heterocycles. The fourth-order valence-electron chi connectivity index (χ4n) is 4.42. The molecule has 7 N–H and O–H groups in total. The molecule has 2 unspecified atom stereocenters. The van der Waals surface area contributed by atoms with Crippen LogP contribution in [0.5, 0.6) is 0 Å². The summed E-state index contributed by atoms with van der Waals surface area (Å²) >= 11 is 0. The first-order valence-electron chi connectivity index (χ1n) is 14.3. The molecule has 292 valence electrons. The van der Waals surface area contributed by atoms with Gasteiger partial charge in [-0.25, -0.2) is 41.5 Å². The summed E-state index contributed by atoms with van der Waals surface area (Å²) < 4.78 is 108. The Morgan fingerprint density at radius 3 is 2.30 bits per heavy atom. The van der Waals surface area contributed by atoms with Gasteiger partial charge >= 0.3 is 29.2 Å². The van der Waals surface area contributed by atoms with Gasteiger partial charge in [0.2, 0.25) is 5.91 Å². The number of aliphatic hydroxyl groups is 1. The van der Waals surface area contributed by atoms with E-state index in [1.54, 1.807) is 0 Å². The highest BCUT2D eigenvalue weighted by molar-refractivity contribution is 7.66. The number of aryl methyl sites for hydroxylation is 1. The van der Waals surface area contributed by atoms with Crippen LogP contribution < -0.4 is 16.7 Å². The molecule has 53 heavy (non-hydrogen) atoms. The molecule has 1 saturated heterocycles. The van der Waals surface area contributed by atoms with E-state index < -0.39 is 119 Å². The molecule has 23 nitrogen and oxygen atoms in total. The number of hydrogen-bond acceptors (Lipinski definition) is 14. The van der Waals surface area contributed by atoms with Crippen LogP contribution in [0.4, 0.5) is 23.2 Å². The maximum absolute atomic E-state index is 14.1. The van der Waals surface area contributed by atoms with Gasteiger partial charge < -0.3 is 29.4 Å². The van der Waals surface area contributed by atoms with Crippen molar-refractivity contribution in [2.24, 2.45) is 10.2 Å². The third-order valence-electron chi connectivity index (χ3n) is 6.67. The number of carbonyl (C=O) groups excluding carboxylic acids is 2. The molecule has 0 bridgehead atoms. The number of hydrogen-bond donors (Lipinski definition) is 7. The molecule has 0 saturated carbocycles. The second kappa shape index (κ2) is 17.9. The SMILES string of the molecule is [N-]=[N+]=Nc1c(F)c(F)c(C(=O)CCCC(=O)NN=CCCc2cn([C@H]3C[C@H](O)[C@@H](COP(=O)(O)OP(=O)(O)OP(=O)(O)O)O3)c(=O)[nH]c2=O)c(F)c1F. The number of amides is 1. The van der Waals surface area contributed by atoms with Gasteiger partial charge in [0.15, 0.2) is 29.1 Å². The molecule has 5 atom stereocenters. The number of Topliss-reactive ketones (excluding diaryl/α,β-unsaturated/α-hetero) is 1. The number of carbonyl (C=O) groups is 2. The average Bonchev–Trinajstić information content (AvgIpc) is 3.40. The van der Waals surface area contributed by atoms with Gasteiger partial charge in [-0.05, 0) is 24.8 Å². The first kappa shape index (κ1) is 43.5. The van der Waals surface area contributed by atoms with E-state index in [1.807, 2.05) is 9.90 Å². The number of phosphoric acid groups is 3. The monoisotopic (exact) mass is 825 g/mol. The molecule has 1 aliphatic rings. The number of rotatable bonds is 18. The largest absolute Gasteiger partial charge is 0.490 e. The van der Waals surface area contributed by atoms with Crippen LogP contribution >= 0.6 is 23.5 Å². The first-order valence-corrected chi connectivity index (χ1v) is 18.8. The van der Waals surface area contributed by atoms with E-state index in [2.05, 4.69) is 28.8 Å². The van der Waals surface area contributed by atoms with Gasteiger partial charge in [0.1, 0.15) is 18.0 Å². The molecule has 1 amide bonds. The summed E-state index contributed by atoms with van der Waals surface area (Å²) in [7, 11) is -17.0. The lowest BCUT2D eigenvalue weighted by molar-refractivity contribution is -0.121. The average molecular weight is 825 g/mol. The Morgan fingerprint density at radius 1 is 1.06 bits per heavy atom. The highest BCUT2D eigenvalue weighted by atomic mass is 31.3. The number of benzene rings is 1. The van der Waals surface area contributed by atoms with Gasteiger partial charge in [-0.3, -0.25) is 28.5 Å². The number of ketones is 1. The van der Waals surface area contributed by atoms with Crippen molar-refractivity contribution < 1.29 is 83.4 Å². The van der Waals surface area contributed by atoms with Crippen LogP contribution in [0.2, 0.25) is 0 Å². The van der Waals surface area contributed by atoms with Gasteiger partial charge in [-0.15, -0.1) is 0 Å². The van der Waals surface area contributed by atoms with Crippen molar-refractivity contribution in [3.05, 3.63) is 71.9 Å². The zero-order valence-electron chi connectivity index (χ0n) is 26.2. The summed E-state index contributed by atoms with van der Waals surface area (Å²) in [5.74, 6) is -10.5. The molecular formula is C23H26F4N7O16P3. The minimum atomic E-state index is -5.81. The first-order chi connectivity index (χ1) is 24.6. The Labute approximate surface area is 291 Å². The zero-order chi connectivity index (χ0) is 39.9. The van der Waals surface area contributed by atoms with E-state index >= 15 is 0 Å². The molecule has 1 fully saturated rings. The van der Waals surface area contributed by atoms with E-state index in [4.69, 9.17) is 20.1 Å². The van der Waals surface area contributed by atoms with Gasteiger partial charge in [-0.2, -0.15) is 13.7 Å². The number of aliphatic hydroxyl groups excluding tert-OH is 1. The van der Waals surface area contributed by atoms with E-state index in [0.717, 1.165) is 17.0 Å². The fraction of sp³-hybridized carbons (Fsp3) is 0.435. The highest BCUT2D eigenvalue weighted by Crippen LogP contribution is 2.66. The normalized spacial score (nSPS) is 19.8. The van der Waals surface area contributed by atoms with Crippen molar-refractivity contribution in [1.82, 2.24) is 15.0 Å². The lowest BCUT2D eigenvalue weighted by Crippen LogP contribution is -2.34. The van der Waals surface area contributed by atoms with Crippen molar-refractivity contribution >= 4 is 47.1 Å². The van der Waals surface area contributed by atoms with Crippen LogP contribution in [-0.4, -0.2) is 71.0 Å². The molecular weight excluding hydrogens is 799 g/mol. The van der Waals surface area contributed by atoms with E-state index in [1.165, 1.54) is 0 Å². The van der Waals surface area contributed by atoms with Gasteiger partial charge in [0, 0.05) is 42.1 Å². The Morgan fingerprint density at radius 2 is 1.70 bits per heavy atom. The third-order valence-corrected chi connectivity index (χ3v) is 10.5. The van der Waals surface area contributed by atoms with Gasteiger partial charge in [0.25, 0.3) is 5.56 Å². The third kappa shape index (κ3) is 12.3. The summed E-state index contributed by atoms with van der Waals surface area (Å²) in [5, 5.41) is 16.4. The number of halogens is 4. The molecule has 1 aromatic carbocycles. The minimum absolute atomic E-state index is 0.0293. The van der Waals surface area contributed by atoms with Gasteiger partial charge in [0.05, 0.1) is 18.3 Å². The Kier molecular flexibility index (Phi) is 14.7. The summed E-state index contributed by atoms with van der Waals surface area (Å²) in [6, 6.07) is 0. The predicted octanol–water partition coefficient (Wildman–Crippen LogP) is 2.11. The van der Waals surface area contributed by atoms with Crippen LogP contribution in [0.1, 0.15) is 54.3 Å². The van der Waals surface area contributed by atoms with Gasteiger partial charge in [-0.1, -0.05) is 5.11 Å². The number of azide groups is 1. The molecule has 0 radical (unpaired) electrons. The van der Waals surface area contributed by atoms with E-state index in [0.29, 0.717) is 0 Å². The number of hydrazone groups is 1. The highest BCUT2D eigenvalue weighted by Gasteiger charge is 2.43. The minimum Gasteiger partial charge on any atom is -0.390 e. The maximum atomic E-state index is 14.1. The number of phosphoric ester groups is 1. The van der Waals surface area contributed by atoms with Crippen molar-refractivity contribution in [2.75, 3.05) is 6.61 Å².